The Labute approximate surface area is 200 Å². The Bertz CT molecular complexity index is 1540. The molecular weight excluding hydrogens is 445 g/mol. The minimum absolute atomic E-state index is 0.256. The molecule has 5 rings (SSSR count). The minimum atomic E-state index is -0.374. The Kier molecular flexibility index (Phi) is 5.81. The SMILES string of the molecule is CNC(=O)c1c(-c2ccc(F)cc2)oc2ccc(-c3cccc(C(=O)Nc4cccnc4)c3)cc12. The lowest BCUT2D eigenvalue weighted by atomic mass is 9.99. The fraction of sp³-hybridized carbons (Fsp3) is 0.0357. The molecule has 0 aliphatic rings. The summed E-state index contributed by atoms with van der Waals surface area (Å²) >= 11 is 0. The van der Waals surface area contributed by atoms with Gasteiger partial charge in [-0.05, 0) is 71.8 Å². The Morgan fingerprint density at radius 3 is 2.37 bits per heavy atom. The number of halogens is 1. The standard InChI is InChI=1S/C28H20FN3O3/c1-30-28(34)25-23-15-19(9-12-24(23)35-26(25)17-7-10-21(29)11-8-17)18-4-2-5-20(14-18)27(33)32-22-6-3-13-31-16-22/h2-16H,1H3,(H,30,34)(H,32,33). The van der Waals surface area contributed by atoms with Crippen molar-refractivity contribution in [2.45, 2.75) is 0 Å². The van der Waals surface area contributed by atoms with Gasteiger partial charge in [0.1, 0.15) is 17.2 Å². The summed E-state index contributed by atoms with van der Waals surface area (Å²) < 4.78 is 19.5. The first kappa shape index (κ1) is 22.0. The van der Waals surface area contributed by atoms with E-state index in [9.17, 15) is 14.0 Å². The van der Waals surface area contributed by atoms with E-state index in [1.54, 1.807) is 68.0 Å². The van der Waals surface area contributed by atoms with E-state index in [1.807, 2.05) is 18.2 Å². The van der Waals surface area contributed by atoms with Crippen LogP contribution in [0.3, 0.4) is 0 Å². The Balaban J connectivity index is 1.55. The third-order valence-corrected chi connectivity index (χ3v) is 5.63. The lowest BCUT2D eigenvalue weighted by Gasteiger charge is -2.08. The van der Waals surface area contributed by atoms with Crippen molar-refractivity contribution in [3.05, 3.63) is 108 Å². The molecule has 0 saturated carbocycles. The molecule has 35 heavy (non-hydrogen) atoms. The summed E-state index contributed by atoms with van der Waals surface area (Å²) in [5, 5.41) is 6.10. The van der Waals surface area contributed by atoms with Gasteiger partial charge >= 0.3 is 0 Å². The highest BCUT2D eigenvalue weighted by atomic mass is 19.1. The number of aromatic nitrogens is 1. The molecule has 0 bridgehead atoms. The normalized spacial score (nSPS) is 10.8. The molecule has 2 heterocycles. The number of pyridine rings is 1. The molecule has 0 unspecified atom stereocenters. The molecule has 3 aromatic carbocycles. The topological polar surface area (TPSA) is 84.2 Å². The fourth-order valence-electron chi connectivity index (χ4n) is 3.91. The van der Waals surface area contributed by atoms with Gasteiger partial charge in [0.05, 0.1) is 17.4 Å². The van der Waals surface area contributed by atoms with Gasteiger partial charge in [0.15, 0.2) is 0 Å². The zero-order valence-electron chi connectivity index (χ0n) is 18.7. The first-order valence-electron chi connectivity index (χ1n) is 10.9. The van der Waals surface area contributed by atoms with Crippen molar-refractivity contribution in [3.8, 4) is 22.5 Å². The number of furan rings is 1. The number of anilines is 1. The molecule has 0 radical (unpaired) electrons. The Morgan fingerprint density at radius 1 is 0.857 bits per heavy atom. The van der Waals surface area contributed by atoms with Crippen molar-refractivity contribution in [1.29, 1.82) is 0 Å². The average Bonchev–Trinajstić information content (AvgIpc) is 3.28. The number of carbonyl (C=O) groups is 2. The third kappa shape index (κ3) is 4.39. The van der Waals surface area contributed by atoms with Crippen molar-refractivity contribution in [2.24, 2.45) is 0 Å². The van der Waals surface area contributed by atoms with Crippen LogP contribution in [0.4, 0.5) is 10.1 Å². The van der Waals surface area contributed by atoms with E-state index >= 15 is 0 Å². The largest absolute Gasteiger partial charge is 0.455 e. The highest BCUT2D eigenvalue weighted by Gasteiger charge is 2.22. The molecule has 0 saturated heterocycles. The van der Waals surface area contributed by atoms with E-state index in [2.05, 4.69) is 15.6 Å². The molecule has 2 amide bonds. The molecule has 5 aromatic rings. The van der Waals surface area contributed by atoms with Gasteiger partial charge in [-0.1, -0.05) is 18.2 Å². The van der Waals surface area contributed by atoms with Crippen molar-refractivity contribution in [1.82, 2.24) is 10.3 Å². The van der Waals surface area contributed by atoms with Crippen LogP contribution in [0.5, 0.6) is 0 Å². The molecule has 2 aromatic heterocycles. The second-order valence-corrected chi connectivity index (χ2v) is 7.88. The van der Waals surface area contributed by atoms with Gasteiger partial charge in [0.2, 0.25) is 0 Å². The first-order valence-corrected chi connectivity index (χ1v) is 10.9. The van der Waals surface area contributed by atoms with Crippen LogP contribution >= 0.6 is 0 Å². The number of nitrogens with zero attached hydrogens (tertiary/aromatic N) is 1. The maximum Gasteiger partial charge on any atom is 0.255 e. The van der Waals surface area contributed by atoms with Crippen LogP contribution in [0, 0.1) is 5.82 Å². The summed E-state index contributed by atoms with van der Waals surface area (Å²) in [6, 6.07) is 22.0. The summed E-state index contributed by atoms with van der Waals surface area (Å²) in [6.07, 6.45) is 3.21. The molecule has 0 spiro atoms. The van der Waals surface area contributed by atoms with Gasteiger partial charge in [-0.25, -0.2) is 4.39 Å². The van der Waals surface area contributed by atoms with Gasteiger partial charge in [0.25, 0.3) is 11.8 Å². The number of rotatable bonds is 5. The molecule has 2 N–H and O–H groups in total. The number of hydrogen-bond donors (Lipinski definition) is 2. The molecule has 0 fully saturated rings. The molecule has 0 aliphatic heterocycles. The third-order valence-electron chi connectivity index (χ3n) is 5.63. The number of benzene rings is 3. The monoisotopic (exact) mass is 465 g/mol. The molecule has 0 atom stereocenters. The fourth-order valence-corrected chi connectivity index (χ4v) is 3.91. The molecule has 6 nitrogen and oxygen atoms in total. The summed E-state index contributed by atoms with van der Waals surface area (Å²) in [7, 11) is 1.55. The van der Waals surface area contributed by atoms with Crippen LogP contribution < -0.4 is 10.6 Å². The summed E-state index contributed by atoms with van der Waals surface area (Å²) in [4.78, 5) is 29.6. The zero-order valence-corrected chi connectivity index (χ0v) is 18.7. The molecule has 172 valence electrons. The van der Waals surface area contributed by atoms with Crippen LogP contribution in [0.2, 0.25) is 0 Å². The lowest BCUT2D eigenvalue weighted by Crippen LogP contribution is -2.18. The van der Waals surface area contributed by atoms with Crippen LogP contribution in [0.25, 0.3) is 33.4 Å². The van der Waals surface area contributed by atoms with Crippen LogP contribution in [-0.2, 0) is 0 Å². The van der Waals surface area contributed by atoms with Gasteiger partial charge in [0, 0.05) is 29.8 Å². The van der Waals surface area contributed by atoms with E-state index in [0.717, 1.165) is 11.1 Å². The molecule has 0 aliphatic carbocycles. The lowest BCUT2D eigenvalue weighted by molar-refractivity contribution is 0.0963. The summed E-state index contributed by atoms with van der Waals surface area (Å²) in [5.41, 5.74) is 4.18. The van der Waals surface area contributed by atoms with E-state index in [1.165, 1.54) is 12.1 Å². The predicted octanol–water partition coefficient (Wildman–Crippen LogP) is 5.91. The Morgan fingerprint density at radius 2 is 1.63 bits per heavy atom. The number of nitrogens with one attached hydrogen (secondary N) is 2. The number of fused-ring (bicyclic) bond motifs is 1. The second-order valence-electron chi connectivity index (χ2n) is 7.88. The van der Waals surface area contributed by atoms with Crippen molar-refractivity contribution in [2.75, 3.05) is 12.4 Å². The van der Waals surface area contributed by atoms with Crippen molar-refractivity contribution in [3.63, 3.8) is 0 Å². The van der Waals surface area contributed by atoms with Crippen LogP contribution in [0.15, 0.2) is 95.7 Å². The van der Waals surface area contributed by atoms with Crippen LogP contribution in [-0.4, -0.2) is 23.8 Å². The number of hydrogen-bond acceptors (Lipinski definition) is 4. The molecule has 7 heteroatoms. The van der Waals surface area contributed by atoms with E-state index < -0.39 is 0 Å². The zero-order chi connectivity index (χ0) is 24.4. The van der Waals surface area contributed by atoms with E-state index in [0.29, 0.717) is 39.1 Å². The smallest absolute Gasteiger partial charge is 0.255 e. The maximum atomic E-state index is 13.4. The first-order chi connectivity index (χ1) is 17.0. The highest BCUT2D eigenvalue weighted by Crippen LogP contribution is 2.36. The molecular formula is C28H20FN3O3. The van der Waals surface area contributed by atoms with E-state index in [4.69, 9.17) is 4.42 Å². The second kappa shape index (κ2) is 9.23. The number of carbonyl (C=O) groups excluding carboxylic acids is 2. The van der Waals surface area contributed by atoms with Gasteiger partial charge < -0.3 is 15.1 Å². The van der Waals surface area contributed by atoms with Crippen molar-refractivity contribution >= 4 is 28.5 Å². The maximum absolute atomic E-state index is 13.4. The van der Waals surface area contributed by atoms with Gasteiger partial charge in [-0.3, -0.25) is 14.6 Å². The average molecular weight is 465 g/mol. The predicted molar refractivity (Wildman–Crippen MR) is 133 cm³/mol. The van der Waals surface area contributed by atoms with Crippen molar-refractivity contribution < 1.29 is 18.4 Å². The highest BCUT2D eigenvalue weighted by molar-refractivity contribution is 6.12. The Hall–Kier alpha value is -4.78. The summed E-state index contributed by atoms with van der Waals surface area (Å²) in [5.74, 6) is -0.583. The summed E-state index contributed by atoms with van der Waals surface area (Å²) in [6.45, 7) is 0. The minimum Gasteiger partial charge on any atom is -0.455 e. The van der Waals surface area contributed by atoms with Crippen LogP contribution in [0.1, 0.15) is 20.7 Å². The number of amides is 2. The quantitative estimate of drug-likeness (QED) is 0.338. The van der Waals surface area contributed by atoms with E-state index in [-0.39, 0.29) is 17.6 Å². The van der Waals surface area contributed by atoms with Gasteiger partial charge in [-0.15, -0.1) is 0 Å². The van der Waals surface area contributed by atoms with Gasteiger partial charge in [-0.2, -0.15) is 0 Å².